The molecule has 2 amide bonds. The molecule has 0 aliphatic rings. The Morgan fingerprint density at radius 1 is 1.18 bits per heavy atom. The summed E-state index contributed by atoms with van der Waals surface area (Å²) in [5.41, 5.74) is 1.84. The van der Waals surface area contributed by atoms with Gasteiger partial charge in [0.05, 0.1) is 24.0 Å². The second kappa shape index (κ2) is 10.0. The third-order valence-corrected chi connectivity index (χ3v) is 5.04. The molecule has 0 aliphatic heterocycles. The average Bonchev–Trinajstić information content (AvgIpc) is 3.44. The third kappa shape index (κ3) is 4.90. The number of carbonyl (C=O) groups excluding carboxylic acids is 2. The van der Waals surface area contributed by atoms with E-state index in [0.29, 0.717) is 34.8 Å². The van der Waals surface area contributed by atoms with Gasteiger partial charge in [-0.25, -0.2) is 4.68 Å². The van der Waals surface area contributed by atoms with Crippen molar-refractivity contribution in [1.29, 1.82) is 0 Å². The molecule has 0 radical (unpaired) electrons. The molecule has 33 heavy (non-hydrogen) atoms. The molecule has 10 heteroatoms. The van der Waals surface area contributed by atoms with Crippen molar-refractivity contribution >= 4 is 28.5 Å². The van der Waals surface area contributed by atoms with Gasteiger partial charge in [0.1, 0.15) is 23.6 Å². The number of aromatic nitrogens is 4. The van der Waals surface area contributed by atoms with E-state index in [1.807, 2.05) is 24.3 Å². The van der Waals surface area contributed by atoms with Gasteiger partial charge < -0.3 is 14.5 Å². The highest BCUT2D eigenvalue weighted by Gasteiger charge is 2.35. The number of benzene rings is 1. The summed E-state index contributed by atoms with van der Waals surface area (Å²) in [6.07, 6.45) is 3.13. The van der Waals surface area contributed by atoms with E-state index < -0.39 is 11.9 Å². The highest BCUT2D eigenvalue weighted by molar-refractivity contribution is 6.01. The third-order valence-electron chi connectivity index (χ3n) is 5.04. The topological polar surface area (TPSA) is 115 Å². The fourth-order valence-electron chi connectivity index (χ4n) is 3.52. The number of anilines is 1. The van der Waals surface area contributed by atoms with Gasteiger partial charge in [-0.2, -0.15) is 0 Å². The molecule has 0 spiro atoms. The smallest absolute Gasteiger partial charge is 0.251 e. The number of methoxy groups -OCH3 is 1. The summed E-state index contributed by atoms with van der Waals surface area (Å²) in [6.45, 7) is 2.27. The van der Waals surface area contributed by atoms with Crippen LogP contribution in [0.25, 0.3) is 11.0 Å². The molecule has 0 saturated carbocycles. The lowest BCUT2D eigenvalue weighted by molar-refractivity contribution is -0.127. The van der Waals surface area contributed by atoms with Crippen LogP contribution >= 0.6 is 0 Å². The van der Waals surface area contributed by atoms with Crippen molar-refractivity contribution in [2.24, 2.45) is 0 Å². The molecule has 10 nitrogen and oxygen atoms in total. The monoisotopic (exact) mass is 448 g/mol. The van der Waals surface area contributed by atoms with Crippen LogP contribution < -0.4 is 10.2 Å². The first-order chi connectivity index (χ1) is 16.1. The highest BCUT2D eigenvalue weighted by atomic mass is 16.5. The van der Waals surface area contributed by atoms with Crippen LogP contribution in [0, 0.1) is 6.92 Å². The van der Waals surface area contributed by atoms with E-state index in [9.17, 15) is 9.59 Å². The number of furan rings is 1. The fraction of sp³-hybridized carbons (Fsp3) is 0.261. The highest BCUT2D eigenvalue weighted by Crippen LogP contribution is 2.29. The summed E-state index contributed by atoms with van der Waals surface area (Å²) in [5.74, 6) is 0.185. The van der Waals surface area contributed by atoms with E-state index in [0.717, 1.165) is 0 Å². The van der Waals surface area contributed by atoms with E-state index in [1.165, 1.54) is 15.8 Å². The number of amides is 2. The number of carbonyl (C=O) groups is 2. The molecule has 0 saturated heterocycles. The van der Waals surface area contributed by atoms with Crippen LogP contribution in [0.15, 0.2) is 65.3 Å². The molecule has 0 aliphatic carbocycles. The first-order valence-electron chi connectivity index (χ1n) is 10.4. The molecule has 4 rings (SSSR count). The minimum atomic E-state index is -1.05. The van der Waals surface area contributed by atoms with Gasteiger partial charge in [0.25, 0.3) is 5.91 Å². The summed E-state index contributed by atoms with van der Waals surface area (Å²) < 4.78 is 12.3. The number of hydrogen-bond acceptors (Lipinski definition) is 7. The number of nitrogens with one attached hydrogen (secondary N) is 1. The lowest BCUT2D eigenvalue weighted by Gasteiger charge is -2.29. The van der Waals surface area contributed by atoms with Crippen molar-refractivity contribution in [2.75, 3.05) is 25.2 Å². The molecule has 0 unspecified atom stereocenters. The van der Waals surface area contributed by atoms with Crippen molar-refractivity contribution in [1.82, 2.24) is 25.3 Å². The van der Waals surface area contributed by atoms with E-state index in [1.54, 1.807) is 44.5 Å². The minimum Gasteiger partial charge on any atom is -0.464 e. The zero-order chi connectivity index (χ0) is 23.2. The van der Waals surface area contributed by atoms with Gasteiger partial charge in [-0.15, -0.1) is 5.10 Å². The number of fused-ring (bicyclic) bond motifs is 1. The van der Waals surface area contributed by atoms with Gasteiger partial charge in [-0.05, 0) is 43.3 Å². The van der Waals surface area contributed by atoms with Gasteiger partial charge in [0.15, 0.2) is 6.04 Å². The second-order valence-corrected chi connectivity index (χ2v) is 7.35. The maximum absolute atomic E-state index is 13.7. The van der Waals surface area contributed by atoms with E-state index in [2.05, 4.69) is 20.6 Å². The van der Waals surface area contributed by atoms with Crippen LogP contribution in [0.2, 0.25) is 0 Å². The van der Waals surface area contributed by atoms with E-state index in [4.69, 9.17) is 9.15 Å². The largest absolute Gasteiger partial charge is 0.464 e. The molecule has 0 bridgehead atoms. The minimum absolute atomic E-state index is 0.128. The lowest BCUT2D eigenvalue weighted by Crippen LogP contribution is -2.45. The zero-order valence-electron chi connectivity index (χ0n) is 18.3. The first-order valence-corrected chi connectivity index (χ1v) is 10.4. The van der Waals surface area contributed by atoms with E-state index in [-0.39, 0.29) is 19.0 Å². The van der Waals surface area contributed by atoms with Crippen LogP contribution in [0.1, 0.15) is 17.6 Å². The van der Waals surface area contributed by atoms with Crippen LogP contribution in [-0.2, 0) is 20.9 Å². The van der Waals surface area contributed by atoms with E-state index >= 15 is 0 Å². The summed E-state index contributed by atoms with van der Waals surface area (Å²) in [6, 6.07) is 13.2. The summed E-state index contributed by atoms with van der Waals surface area (Å²) >= 11 is 0. The standard InChI is InChI=1S/C23H24N6O4/c1-16-9-10-20(33-16)22(23(31)25-12-13-32-2)29(17-6-5-11-24-14-17)21(30)15-28-19-8-4-3-7-18(19)26-27-28/h3-11,14,22H,12-13,15H2,1-2H3,(H,25,31)/t22-/m1/s1. The molecule has 4 aromatic rings. The summed E-state index contributed by atoms with van der Waals surface area (Å²) in [7, 11) is 1.55. The molecule has 0 fully saturated rings. The van der Waals surface area contributed by atoms with Crippen molar-refractivity contribution in [2.45, 2.75) is 19.5 Å². The number of aryl methyl sites for hydroxylation is 1. The Morgan fingerprint density at radius 3 is 2.76 bits per heavy atom. The number of nitrogens with zero attached hydrogens (tertiary/aromatic N) is 5. The Hall–Kier alpha value is -4.05. The number of para-hydroxylation sites is 1. The summed E-state index contributed by atoms with van der Waals surface area (Å²) in [4.78, 5) is 32.5. The normalized spacial score (nSPS) is 11.9. The Kier molecular flexibility index (Phi) is 6.75. The van der Waals surface area contributed by atoms with Crippen LogP contribution in [-0.4, -0.2) is 52.1 Å². The van der Waals surface area contributed by atoms with Crippen molar-refractivity contribution < 1.29 is 18.7 Å². The fourth-order valence-corrected chi connectivity index (χ4v) is 3.52. The molecule has 1 aromatic carbocycles. The number of hydrogen-bond donors (Lipinski definition) is 1. The predicted octanol–water partition coefficient (Wildman–Crippen LogP) is 2.26. The van der Waals surface area contributed by atoms with Crippen molar-refractivity contribution in [3.05, 3.63) is 72.4 Å². The van der Waals surface area contributed by atoms with Crippen LogP contribution in [0.5, 0.6) is 0 Å². The molecule has 1 N–H and O–H groups in total. The average molecular weight is 448 g/mol. The Labute approximate surface area is 190 Å². The zero-order valence-corrected chi connectivity index (χ0v) is 18.3. The Morgan fingerprint density at radius 2 is 2.03 bits per heavy atom. The van der Waals surface area contributed by atoms with Crippen molar-refractivity contribution in [3.63, 3.8) is 0 Å². The lowest BCUT2D eigenvalue weighted by atomic mass is 10.1. The molecule has 170 valence electrons. The SMILES string of the molecule is COCCNC(=O)[C@@H](c1ccc(C)o1)N(C(=O)Cn1nnc2ccccc21)c1cccnc1. The molecule has 3 heterocycles. The maximum Gasteiger partial charge on any atom is 0.251 e. The number of rotatable bonds is 9. The van der Waals surface area contributed by atoms with Gasteiger partial charge in [-0.1, -0.05) is 17.3 Å². The van der Waals surface area contributed by atoms with Gasteiger partial charge in [0, 0.05) is 19.9 Å². The van der Waals surface area contributed by atoms with Crippen molar-refractivity contribution in [3.8, 4) is 0 Å². The number of pyridine rings is 1. The number of ether oxygens (including phenoxy) is 1. The quantitative estimate of drug-likeness (QED) is 0.391. The molecular weight excluding hydrogens is 424 g/mol. The molecule has 1 atom stereocenters. The van der Waals surface area contributed by atoms with Crippen LogP contribution in [0.4, 0.5) is 5.69 Å². The second-order valence-electron chi connectivity index (χ2n) is 7.35. The maximum atomic E-state index is 13.7. The molecule has 3 aromatic heterocycles. The first kappa shape index (κ1) is 22.2. The Bertz CT molecular complexity index is 1240. The van der Waals surface area contributed by atoms with Gasteiger partial charge in [-0.3, -0.25) is 19.5 Å². The summed E-state index contributed by atoms with van der Waals surface area (Å²) in [5, 5.41) is 11.0. The Balaban J connectivity index is 1.73. The van der Waals surface area contributed by atoms with Gasteiger partial charge in [0.2, 0.25) is 5.91 Å². The van der Waals surface area contributed by atoms with Crippen LogP contribution in [0.3, 0.4) is 0 Å². The van der Waals surface area contributed by atoms with Gasteiger partial charge >= 0.3 is 0 Å². The molecular formula is C23H24N6O4. The predicted molar refractivity (Wildman–Crippen MR) is 120 cm³/mol.